The Kier molecular flexibility index (Phi) is 12.0. The molecule has 0 radical (unpaired) electrons. The van der Waals surface area contributed by atoms with Gasteiger partial charge in [0.1, 0.15) is 0 Å². The van der Waals surface area contributed by atoms with Gasteiger partial charge in [-0.25, -0.2) is 0 Å². The van der Waals surface area contributed by atoms with E-state index in [1.165, 1.54) is 0 Å². The number of carbonyl (C=O) groups is 1. The SMILES string of the molecule is CN=C(NCCSC)NCC(C)(C)C(=O)NC.I. The van der Waals surface area contributed by atoms with Gasteiger partial charge in [-0.05, 0) is 20.1 Å². The van der Waals surface area contributed by atoms with Gasteiger partial charge in [0.15, 0.2) is 5.96 Å². The van der Waals surface area contributed by atoms with Crippen molar-refractivity contribution in [3.8, 4) is 0 Å². The van der Waals surface area contributed by atoms with Gasteiger partial charge in [0.05, 0.1) is 5.41 Å². The predicted octanol–water partition coefficient (Wildman–Crippen LogP) is 0.905. The third-order valence-corrected chi connectivity index (χ3v) is 2.97. The first-order chi connectivity index (χ1) is 7.97. The molecule has 1 amide bonds. The molecule has 0 saturated heterocycles. The first kappa shape index (κ1) is 20.1. The first-order valence-corrected chi connectivity index (χ1v) is 7.03. The zero-order valence-electron chi connectivity index (χ0n) is 11.8. The van der Waals surface area contributed by atoms with Crippen LogP contribution in [0, 0.1) is 5.41 Å². The van der Waals surface area contributed by atoms with Crippen molar-refractivity contribution in [1.29, 1.82) is 0 Å². The van der Waals surface area contributed by atoms with Gasteiger partial charge in [-0.2, -0.15) is 11.8 Å². The van der Waals surface area contributed by atoms with Crippen LogP contribution < -0.4 is 16.0 Å². The van der Waals surface area contributed by atoms with E-state index in [-0.39, 0.29) is 29.9 Å². The van der Waals surface area contributed by atoms with Crippen molar-refractivity contribution < 1.29 is 4.79 Å². The first-order valence-electron chi connectivity index (χ1n) is 5.63. The molecule has 0 aliphatic rings. The summed E-state index contributed by atoms with van der Waals surface area (Å²) in [4.78, 5) is 15.7. The average Bonchev–Trinajstić information content (AvgIpc) is 2.32. The Balaban J connectivity index is 0. The molecule has 108 valence electrons. The smallest absolute Gasteiger partial charge is 0.227 e. The molecule has 0 unspecified atom stereocenters. The highest BCUT2D eigenvalue weighted by atomic mass is 127. The minimum atomic E-state index is -0.453. The number of nitrogens with one attached hydrogen (secondary N) is 3. The molecule has 0 rings (SSSR count). The van der Waals surface area contributed by atoms with E-state index in [1.54, 1.807) is 25.9 Å². The number of amides is 1. The van der Waals surface area contributed by atoms with E-state index >= 15 is 0 Å². The minimum Gasteiger partial charge on any atom is -0.359 e. The molecule has 0 aromatic heterocycles. The van der Waals surface area contributed by atoms with Crippen LogP contribution in [0.25, 0.3) is 0 Å². The molecule has 0 aromatic rings. The lowest BCUT2D eigenvalue weighted by Crippen LogP contribution is -2.47. The summed E-state index contributed by atoms with van der Waals surface area (Å²) in [7, 11) is 3.37. The van der Waals surface area contributed by atoms with Crippen molar-refractivity contribution in [2.75, 3.05) is 39.2 Å². The maximum atomic E-state index is 11.6. The maximum absolute atomic E-state index is 11.6. The number of halogens is 1. The molecule has 0 fully saturated rings. The Morgan fingerprint density at radius 1 is 1.33 bits per heavy atom. The van der Waals surface area contributed by atoms with Crippen LogP contribution in [-0.4, -0.2) is 51.1 Å². The maximum Gasteiger partial charge on any atom is 0.227 e. The Morgan fingerprint density at radius 2 is 1.94 bits per heavy atom. The zero-order chi connectivity index (χ0) is 13.3. The molecule has 18 heavy (non-hydrogen) atoms. The number of hydrogen-bond donors (Lipinski definition) is 3. The van der Waals surface area contributed by atoms with E-state index < -0.39 is 5.41 Å². The molecule has 0 heterocycles. The summed E-state index contributed by atoms with van der Waals surface area (Å²) in [6.45, 7) is 5.20. The average molecular weight is 388 g/mol. The van der Waals surface area contributed by atoms with Gasteiger partial charge in [-0.15, -0.1) is 24.0 Å². The largest absolute Gasteiger partial charge is 0.359 e. The highest BCUT2D eigenvalue weighted by molar-refractivity contribution is 14.0. The van der Waals surface area contributed by atoms with Crippen molar-refractivity contribution in [2.24, 2.45) is 10.4 Å². The van der Waals surface area contributed by atoms with Crippen LogP contribution in [0.3, 0.4) is 0 Å². The lowest BCUT2D eigenvalue weighted by atomic mass is 9.92. The van der Waals surface area contributed by atoms with Gasteiger partial charge in [0, 0.05) is 32.9 Å². The Morgan fingerprint density at radius 3 is 2.39 bits per heavy atom. The summed E-state index contributed by atoms with van der Waals surface area (Å²) in [5.74, 6) is 1.78. The molecular weight excluding hydrogens is 363 g/mol. The molecule has 0 bridgehead atoms. The fraction of sp³-hybridized carbons (Fsp3) is 0.818. The molecular formula is C11H25IN4OS. The van der Waals surface area contributed by atoms with Crippen LogP contribution >= 0.6 is 35.7 Å². The van der Waals surface area contributed by atoms with Gasteiger partial charge < -0.3 is 16.0 Å². The van der Waals surface area contributed by atoms with Gasteiger partial charge >= 0.3 is 0 Å². The van der Waals surface area contributed by atoms with Crippen LogP contribution in [0.2, 0.25) is 0 Å². The van der Waals surface area contributed by atoms with Gasteiger partial charge in [0.2, 0.25) is 5.91 Å². The van der Waals surface area contributed by atoms with Crippen molar-refractivity contribution in [3.05, 3.63) is 0 Å². The molecule has 5 nitrogen and oxygen atoms in total. The molecule has 0 aliphatic heterocycles. The predicted molar refractivity (Wildman–Crippen MR) is 91.0 cm³/mol. The third-order valence-electron chi connectivity index (χ3n) is 2.36. The molecule has 0 spiro atoms. The van der Waals surface area contributed by atoms with Gasteiger partial charge in [-0.1, -0.05) is 0 Å². The fourth-order valence-electron chi connectivity index (χ4n) is 1.22. The summed E-state index contributed by atoms with van der Waals surface area (Å²) >= 11 is 1.78. The number of rotatable bonds is 6. The van der Waals surface area contributed by atoms with Crippen LogP contribution in [0.5, 0.6) is 0 Å². The van der Waals surface area contributed by atoms with Crippen LogP contribution in [0.1, 0.15) is 13.8 Å². The second-order valence-electron chi connectivity index (χ2n) is 4.31. The van der Waals surface area contributed by atoms with E-state index in [1.807, 2.05) is 13.8 Å². The summed E-state index contributed by atoms with van der Waals surface area (Å²) < 4.78 is 0. The van der Waals surface area contributed by atoms with E-state index in [9.17, 15) is 4.79 Å². The number of aliphatic imine (C=N–C) groups is 1. The second-order valence-corrected chi connectivity index (χ2v) is 5.29. The summed E-state index contributed by atoms with van der Waals surface area (Å²) in [5.41, 5.74) is -0.453. The molecule has 0 atom stereocenters. The number of hydrogen-bond acceptors (Lipinski definition) is 3. The van der Waals surface area contributed by atoms with E-state index in [0.717, 1.165) is 18.3 Å². The summed E-state index contributed by atoms with van der Waals surface area (Å²) in [6, 6.07) is 0. The number of carbonyl (C=O) groups excluding carboxylic acids is 1. The molecule has 0 aromatic carbocycles. The highest BCUT2D eigenvalue weighted by Crippen LogP contribution is 2.12. The number of thioether (sulfide) groups is 1. The molecule has 3 N–H and O–H groups in total. The Hall–Kier alpha value is -0.180. The zero-order valence-corrected chi connectivity index (χ0v) is 14.9. The fourth-order valence-corrected chi connectivity index (χ4v) is 1.52. The Bertz CT molecular complexity index is 272. The lowest BCUT2D eigenvalue weighted by molar-refractivity contribution is -0.128. The summed E-state index contributed by atoms with van der Waals surface area (Å²) in [5, 5.41) is 9.00. The molecule has 0 aliphatic carbocycles. The second kappa shape index (κ2) is 10.7. The number of nitrogens with zero attached hydrogens (tertiary/aromatic N) is 1. The quantitative estimate of drug-likeness (QED) is 0.274. The van der Waals surface area contributed by atoms with Crippen molar-refractivity contribution >= 4 is 47.6 Å². The Labute approximate surface area is 131 Å². The standard InChI is InChI=1S/C11H24N4OS.HI/c1-11(2,9(16)12-3)8-15-10(13-4)14-6-7-17-5;/h6-8H2,1-5H3,(H,12,16)(H2,13,14,15);1H. The van der Waals surface area contributed by atoms with Gasteiger partial charge in [-0.3, -0.25) is 9.79 Å². The molecule has 7 heteroatoms. The van der Waals surface area contributed by atoms with Gasteiger partial charge in [0.25, 0.3) is 0 Å². The third kappa shape index (κ3) is 8.02. The van der Waals surface area contributed by atoms with Crippen molar-refractivity contribution in [3.63, 3.8) is 0 Å². The normalized spacial score (nSPS) is 11.5. The number of guanidine groups is 1. The van der Waals surface area contributed by atoms with Crippen molar-refractivity contribution in [2.45, 2.75) is 13.8 Å². The van der Waals surface area contributed by atoms with Crippen LogP contribution in [-0.2, 0) is 4.79 Å². The highest BCUT2D eigenvalue weighted by Gasteiger charge is 2.26. The molecule has 0 saturated carbocycles. The monoisotopic (exact) mass is 388 g/mol. The van der Waals surface area contributed by atoms with E-state index in [2.05, 4.69) is 27.2 Å². The topological polar surface area (TPSA) is 65.5 Å². The summed E-state index contributed by atoms with van der Waals surface area (Å²) in [6.07, 6.45) is 2.06. The van der Waals surface area contributed by atoms with Crippen molar-refractivity contribution in [1.82, 2.24) is 16.0 Å². The van der Waals surface area contributed by atoms with E-state index in [4.69, 9.17) is 0 Å². The van der Waals surface area contributed by atoms with Crippen LogP contribution in [0.15, 0.2) is 4.99 Å². The van der Waals surface area contributed by atoms with E-state index in [0.29, 0.717) is 6.54 Å². The van der Waals surface area contributed by atoms with Crippen LogP contribution in [0.4, 0.5) is 0 Å². The lowest BCUT2D eigenvalue weighted by Gasteiger charge is -2.24. The minimum absolute atomic E-state index is 0.